The minimum absolute atomic E-state index is 0.734. The van der Waals surface area contributed by atoms with Crippen molar-refractivity contribution in [1.82, 2.24) is 15.1 Å². The summed E-state index contributed by atoms with van der Waals surface area (Å²) >= 11 is 0. The topological polar surface area (TPSA) is 27.7 Å². The van der Waals surface area contributed by atoms with E-state index < -0.39 is 0 Å². The molecule has 1 aromatic carbocycles. The van der Waals surface area contributed by atoms with Crippen molar-refractivity contribution in [2.45, 2.75) is 26.3 Å². The van der Waals surface area contributed by atoms with Crippen molar-refractivity contribution in [3.8, 4) is 5.75 Å². The maximum absolute atomic E-state index is 5.51. The van der Waals surface area contributed by atoms with Crippen LogP contribution in [0.1, 0.15) is 25.3 Å². The van der Waals surface area contributed by atoms with E-state index in [1.165, 1.54) is 64.2 Å². The summed E-state index contributed by atoms with van der Waals surface area (Å²) in [6.07, 6.45) is 2.71. The molecule has 0 unspecified atom stereocenters. The fourth-order valence-electron chi connectivity index (χ4n) is 3.68. The van der Waals surface area contributed by atoms with E-state index in [1.54, 1.807) is 0 Å². The van der Waals surface area contributed by atoms with Gasteiger partial charge in [-0.2, -0.15) is 0 Å². The first-order valence-electron chi connectivity index (χ1n) is 9.20. The van der Waals surface area contributed by atoms with E-state index in [4.69, 9.17) is 4.74 Å². The van der Waals surface area contributed by atoms with Gasteiger partial charge >= 0.3 is 0 Å². The standard InChI is InChI=1S/C19H31N3O/c1-2-23-19-5-3-17(4-6-19)15-21-11-13-22(14-12-21)16-18-7-9-20-10-8-18/h3-6,18,20H,2,7-16H2,1H3. The Morgan fingerprint density at radius 3 is 2.30 bits per heavy atom. The minimum Gasteiger partial charge on any atom is -0.494 e. The molecular formula is C19H31N3O. The third kappa shape index (κ3) is 5.20. The van der Waals surface area contributed by atoms with Crippen molar-refractivity contribution in [1.29, 1.82) is 0 Å². The summed E-state index contributed by atoms with van der Waals surface area (Å²) in [5, 5.41) is 3.46. The molecule has 0 aromatic heterocycles. The predicted octanol–water partition coefficient (Wildman–Crippen LogP) is 2.20. The molecule has 2 heterocycles. The molecule has 1 aromatic rings. The molecule has 0 bridgehead atoms. The molecule has 0 spiro atoms. The molecule has 0 atom stereocenters. The summed E-state index contributed by atoms with van der Waals surface area (Å²) in [5.74, 6) is 1.89. The van der Waals surface area contributed by atoms with Crippen LogP contribution < -0.4 is 10.1 Å². The highest BCUT2D eigenvalue weighted by molar-refractivity contribution is 5.27. The fraction of sp³-hybridized carbons (Fsp3) is 0.684. The van der Waals surface area contributed by atoms with Crippen LogP contribution >= 0.6 is 0 Å². The zero-order chi connectivity index (χ0) is 15.9. The Hall–Kier alpha value is -1.10. The number of benzene rings is 1. The molecular weight excluding hydrogens is 286 g/mol. The SMILES string of the molecule is CCOc1ccc(CN2CCN(CC3CCNCC3)CC2)cc1. The third-order valence-corrected chi connectivity index (χ3v) is 5.08. The largest absolute Gasteiger partial charge is 0.494 e. The van der Waals surface area contributed by atoms with Gasteiger partial charge in [-0.15, -0.1) is 0 Å². The molecule has 128 valence electrons. The number of piperazine rings is 1. The predicted molar refractivity (Wildman–Crippen MR) is 94.9 cm³/mol. The highest BCUT2D eigenvalue weighted by Crippen LogP contribution is 2.17. The number of rotatable bonds is 6. The van der Waals surface area contributed by atoms with Crippen LogP contribution in [0.25, 0.3) is 0 Å². The molecule has 2 saturated heterocycles. The van der Waals surface area contributed by atoms with Crippen molar-refractivity contribution in [2.24, 2.45) is 5.92 Å². The van der Waals surface area contributed by atoms with E-state index in [9.17, 15) is 0 Å². The van der Waals surface area contributed by atoms with Gasteiger partial charge in [-0.25, -0.2) is 0 Å². The maximum Gasteiger partial charge on any atom is 0.119 e. The first-order valence-corrected chi connectivity index (χ1v) is 9.20. The van der Waals surface area contributed by atoms with Crippen molar-refractivity contribution in [2.75, 3.05) is 52.4 Å². The van der Waals surface area contributed by atoms with Crippen molar-refractivity contribution in [3.05, 3.63) is 29.8 Å². The summed E-state index contributed by atoms with van der Waals surface area (Å²) in [4.78, 5) is 5.25. The van der Waals surface area contributed by atoms with Crippen LogP contribution in [0.2, 0.25) is 0 Å². The number of piperidine rings is 1. The van der Waals surface area contributed by atoms with Gasteiger partial charge in [-0.05, 0) is 56.5 Å². The van der Waals surface area contributed by atoms with Crippen molar-refractivity contribution in [3.63, 3.8) is 0 Å². The molecule has 0 aliphatic carbocycles. The zero-order valence-corrected chi connectivity index (χ0v) is 14.5. The highest BCUT2D eigenvalue weighted by Gasteiger charge is 2.21. The lowest BCUT2D eigenvalue weighted by Gasteiger charge is -2.37. The number of ether oxygens (including phenoxy) is 1. The van der Waals surface area contributed by atoms with E-state index in [0.717, 1.165) is 24.8 Å². The van der Waals surface area contributed by atoms with Crippen LogP contribution in [0.3, 0.4) is 0 Å². The van der Waals surface area contributed by atoms with Gasteiger partial charge < -0.3 is 15.0 Å². The second kappa shape index (κ2) is 8.67. The normalized spacial score (nSPS) is 21.4. The van der Waals surface area contributed by atoms with E-state index >= 15 is 0 Å². The van der Waals surface area contributed by atoms with E-state index in [0.29, 0.717) is 0 Å². The monoisotopic (exact) mass is 317 g/mol. The number of hydrogen-bond acceptors (Lipinski definition) is 4. The smallest absolute Gasteiger partial charge is 0.119 e. The Morgan fingerprint density at radius 2 is 1.65 bits per heavy atom. The van der Waals surface area contributed by atoms with Gasteiger partial charge in [-0.1, -0.05) is 12.1 Å². The lowest BCUT2D eigenvalue weighted by atomic mass is 9.97. The summed E-state index contributed by atoms with van der Waals surface area (Å²) in [7, 11) is 0. The van der Waals surface area contributed by atoms with E-state index in [-0.39, 0.29) is 0 Å². The van der Waals surface area contributed by atoms with Gasteiger partial charge in [0.15, 0.2) is 0 Å². The van der Waals surface area contributed by atoms with E-state index in [2.05, 4.69) is 39.4 Å². The van der Waals surface area contributed by atoms with Gasteiger partial charge in [0.1, 0.15) is 5.75 Å². The van der Waals surface area contributed by atoms with Gasteiger partial charge in [0, 0.05) is 39.3 Å². The molecule has 2 fully saturated rings. The Labute approximate surface area is 140 Å². The lowest BCUT2D eigenvalue weighted by molar-refractivity contribution is 0.107. The maximum atomic E-state index is 5.51. The number of hydrogen-bond donors (Lipinski definition) is 1. The Bertz CT molecular complexity index is 448. The Kier molecular flexibility index (Phi) is 6.31. The van der Waals surface area contributed by atoms with Gasteiger partial charge in [0.2, 0.25) is 0 Å². The second-order valence-electron chi connectivity index (χ2n) is 6.85. The first kappa shape index (κ1) is 16.7. The van der Waals surface area contributed by atoms with Crippen molar-refractivity contribution >= 4 is 0 Å². The van der Waals surface area contributed by atoms with Crippen LogP contribution in [0.5, 0.6) is 5.75 Å². The second-order valence-corrected chi connectivity index (χ2v) is 6.85. The highest BCUT2D eigenvalue weighted by atomic mass is 16.5. The summed E-state index contributed by atoms with van der Waals surface area (Å²) in [5.41, 5.74) is 1.39. The van der Waals surface area contributed by atoms with Crippen LogP contribution in [0.15, 0.2) is 24.3 Å². The van der Waals surface area contributed by atoms with Gasteiger partial charge in [-0.3, -0.25) is 4.90 Å². The Morgan fingerprint density at radius 1 is 1.00 bits per heavy atom. The van der Waals surface area contributed by atoms with Crippen LogP contribution in [0.4, 0.5) is 0 Å². The molecule has 4 nitrogen and oxygen atoms in total. The average molecular weight is 317 g/mol. The quantitative estimate of drug-likeness (QED) is 0.870. The zero-order valence-electron chi connectivity index (χ0n) is 14.5. The molecule has 2 aliphatic heterocycles. The molecule has 0 radical (unpaired) electrons. The molecule has 23 heavy (non-hydrogen) atoms. The lowest BCUT2D eigenvalue weighted by Crippen LogP contribution is -2.48. The molecule has 3 rings (SSSR count). The minimum atomic E-state index is 0.734. The Balaban J connectivity index is 1.40. The molecule has 2 aliphatic rings. The average Bonchev–Trinajstić information content (AvgIpc) is 2.60. The molecule has 0 saturated carbocycles. The molecule has 0 amide bonds. The summed E-state index contributed by atoms with van der Waals surface area (Å²) in [6.45, 7) is 12.4. The first-order chi connectivity index (χ1) is 11.3. The fourth-order valence-corrected chi connectivity index (χ4v) is 3.68. The molecule has 1 N–H and O–H groups in total. The number of nitrogens with zero attached hydrogens (tertiary/aromatic N) is 2. The van der Waals surface area contributed by atoms with Crippen LogP contribution in [-0.2, 0) is 6.54 Å². The molecule has 4 heteroatoms. The number of nitrogens with one attached hydrogen (secondary N) is 1. The van der Waals surface area contributed by atoms with Gasteiger partial charge in [0.25, 0.3) is 0 Å². The summed E-state index contributed by atoms with van der Waals surface area (Å²) in [6, 6.07) is 8.58. The summed E-state index contributed by atoms with van der Waals surface area (Å²) < 4.78 is 5.51. The van der Waals surface area contributed by atoms with Gasteiger partial charge in [0.05, 0.1) is 6.61 Å². The van der Waals surface area contributed by atoms with Crippen molar-refractivity contribution < 1.29 is 4.74 Å². The van der Waals surface area contributed by atoms with Crippen LogP contribution in [0, 0.1) is 5.92 Å². The van der Waals surface area contributed by atoms with E-state index in [1.807, 2.05) is 6.92 Å². The van der Waals surface area contributed by atoms with Crippen LogP contribution in [-0.4, -0.2) is 62.2 Å². The third-order valence-electron chi connectivity index (χ3n) is 5.08.